The fourth-order valence-electron chi connectivity index (χ4n) is 3.86. The van der Waals surface area contributed by atoms with Crippen molar-refractivity contribution in [1.29, 1.82) is 0 Å². The predicted octanol–water partition coefficient (Wildman–Crippen LogP) is 4.30. The second kappa shape index (κ2) is 9.90. The van der Waals surface area contributed by atoms with E-state index in [4.69, 9.17) is 17.3 Å². The normalized spacial score (nSPS) is 13.5. The zero-order chi connectivity index (χ0) is 26.0. The Kier molecular flexibility index (Phi) is 6.88. The molecule has 0 saturated carbocycles. The molecule has 0 fully saturated rings. The molecule has 2 aromatic carbocycles. The van der Waals surface area contributed by atoms with Crippen LogP contribution in [0.25, 0.3) is 11.3 Å². The molecule has 0 atom stereocenters. The second-order valence-electron chi connectivity index (χ2n) is 7.81. The first kappa shape index (κ1) is 25.0. The van der Waals surface area contributed by atoms with Gasteiger partial charge in [-0.3, -0.25) is 14.5 Å². The summed E-state index contributed by atoms with van der Waals surface area (Å²) in [7, 11) is 1.41. The Labute approximate surface area is 208 Å². The van der Waals surface area contributed by atoms with E-state index in [0.29, 0.717) is 22.0 Å². The van der Waals surface area contributed by atoms with Crippen molar-refractivity contribution in [2.75, 3.05) is 18.9 Å². The summed E-state index contributed by atoms with van der Waals surface area (Å²) in [6, 6.07) is 10.0. The largest absolute Gasteiger partial charge is 0.573 e. The molecule has 36 heavy (non-hydrogen) atoms. The Morgan fingerprint density at radius 2 is 2.00 bits per heavy atom. The molecule has 9 nitrogen and oxygen atoms in total. The SMILES string of the molecule is C/N=C/c1ccc(NC(=O)N2CCn3nc(-c4cccc(Cl)c4)c(C(N)=O)c3C2)cc1OC(F)(F)F. The van der Waals surface area contributed by atoms with Gasteiger partial charge in [-0.2, -0.15) is 5.10 Å². The van der Waals surface area contributed by atoms with E-state index in [1.54, 1.807) is 28.9 Å². The van der Waals surface area contributed by atoms with Crippen LogP contribution in [0.2, 0.25) is 5.02 Å². The number of fused-ring (bicyclic) bond motifs is 1. The maximum Gasteiger partial charge on any atom is 0.573 e. The van der Waals surface area contributed by atoms with Gasteiger partial charge in [0.05, 0.1) is 24.3 Å². The number of nitrogens with zero attached hydrogens (tertiary/aromatic N) is 4. The number of carbonyl (C=O) groups is 2. The molecule has 2 heterocycles. The number of benzene rings is 2. The van der Waals surface area contributed by atoms with Gasteiger partial charge in [0.25, 0.3) is 5.91 Å². The van der Waals surface area contributed by atoms with Gasteiger partial charge in [-0.1, -0.05) is 23.7 Å². The first-order chi connectivity index (χ1) is 17.1. The first-order valence-electron chi connectivity index (χ1n) is 10.6. The number of urea groups is 1. The predicted molar refractivity (Wildman–Crippen MR) is 127 cm³/mol. The van der Waals surface area contributed by atoms with Crippen LogP contribution in [0.4, 0.5) is 23.7 Å². The average molecular weight is 521 g/mol. The number of alkyl halides is 3. The van der Waals surface area contributed by atoms with Gasteiger partial charge >= 0.3 is 12.4 Å². The van der Waals surface area contributed by atoms with Crippen LogP contribution in [0.1, 0.15) is 21.6 Å². The third-order valence-corrected chi connectivity index (χ3v) is 5.61. The van der Waals surface area contributed by atoms with Crippen LogP contribution in [0.5, 0.6) is 5.75 Å². The van der Waals surface area contributed by atoms with E-state index in [-0.39, 0.29) is 36.4 Å². The van der Waals surface area contributed by atoms with E-state index in [0.717, 1.165) is 6.07 Å². The van der Waals surface area contributed by atoms with Gasteiger partial charge in [0.15, 0.2) is 0 Å². The average Bonchev–Trinajstić information content (AvgIpc) is 3.19. The number of rotatable bonds is 5. The van der Waals surface area contributed by atoms with Crippen LogP contribution < -0.4 is 15.8 Å². The summed E-state index contributed by atoms with van der Waals surface area (Å²) < 4.78 is 44.1. The van der Waals surface area contributed by atoms with Crippen molar-refractivity contribution in [2.45, 2.75) is 19.5 Å². The summed E-state index contributed by atoms with van der Waals surface area (Å²) in [5.74, 6) is -1.22. The lowest BCUT2D eigenvalue weighted by atomic mass is 10.0. The number of amides is 3. The van der Waals surface area contributed by atoms with Gasteiger partial charge in [-0.15, -0.1) is 13.2 Å². The summed E-state index contributed by atoms with van der Waals surface area (Å²) in [6.07, 6.45) is -3.71. The maximum absolute atomic E-state index is 12.9. The highest BCUT2D eigenvalue weighted by Gasteiger charge is 2.33. The fraction of sp³-hybridized carbons (Fsp3) is 0.217. The summed E-state index contributed by atoms with van der Waals surface area (Å²) in [5, 5.41) is 7.52. The Morgan fingerprint density at radius 3 is 2.67 bits per heavy atom. The van der Waals surface area contributed by atoms with Crippen molar-refractivity contribution in [3.05, 3.63) is 64.3 Å². The Morgan fingerprint density at radius 1 is 1.22 bits per heavy atom. The van der Waals surface area contributed by atoms with Crippen LogP contribution in [-0.4, -0.2) is 52.8 Å². The van der Waals surface area contributed by atoms with Gasteiger partial charge in [0.2, 0.25) is 0 Å². The molecular weight excluding hydrogens is 501 g/mol. The number of carbonyl (C=O) groups excluding carboxylic acids is 2. The van der Waals surface area contributed by atoms with E-state index in [1.165, 1.54) is 30.3 Å². The van der Waals surface area contributed by atoms with Crippen molar-refractivity contribution < 1.29 is 27.5 Å². The topological polar surface area (TPSA) is 115 Å². The molecule has 188 valence electrons. The molecule has 3 N–H and O–H groups in total. The lowest BCUT2D eigenvalue weighted by molar-refractivity contribution is -0.274. The number of ether oxygens (including phenoxy) is 1. The summed E-state index contributed by atoms with van der Waals surface area (Å²) >= 11 is 6.08. The first-order valence-corrected chi connectivity index (χ1v) is 11.0. The molecule has 0 spiro atoms. The minimum absolute atomic E-state index is 0.00412. The van der Waals surface area contributed by atoms with Crippen LogP contribution in [0.15, 0.2) is 47.5 Å². The smallest absolute Gasteiger partial charge is 0.405 e. The maximum atomic E-state index is 12.9. The molecule has 0 bridgehead atoms. The van der Waals surface area contributed by atoms with E-state index in [1.807, 2.05) is 0 Å². The number of primary amides is 1. The second-order valence-corrected chi connectivity index (χ2v) is 8.24. The zero-order valence-corrected chi connectivity index (χ0v) is 19.6. The fourth-order valence-corrected chi connectivity index (χ4v) is 4.05. The molecule has 1 aliphatic rings. The molecule has 3 aromatic rings. The van der Waals surface area contributed by atoms with Gasteiger partial charge in [0.1, 0.15) is 11.4 Å². The molecule has 0 unspecified atom stereocenters. The molecule has 1 aromatic heterocycles. The van der Waals surface area contributed by atoms with Gasteiger partial charge < -0.3 is 20.7 Å². The minimum Gasteiger partial charge on any atom is -0.405 e. The van der Waals surface area contributed by atoms with Crippen molar-refractivity contribution in [2.24, 2.45) is 10.7 Å². The molecule has 1 aliphatic heterocycles. The van der Waals surface area contributed by atoms with Crippen molar-refractivity contribution in [1.82, 2.24) is 14.7 Å². The quantitative estimate of drug-likeness (QED) is 0.488. The van der Waals surface area contributed by atoms with Gasteiger partial charge in [-0.25, -0.2) is 4.79 Å². The zero-order valence-electron chi connectivity index (χ0n) is 18.8. The van der Waals surface area contributed by atoms with Crippen LogP contribution in [-0.2, 0) is 13.1 Å². The number of anilines is 1. The van der Waals surface area contributed by atoms with Gasteiger partial charge in [0, 0.05) is 47.7 Å². The van der Waals surface area contributed by atoms with Crippen LogP contribution in [0.3, 0.4) is 0 Å². The van der Waals surface area contributed by atoms with Crippen molar-refractivity contribution >= 4 is 35.4 Å². The van der Waals surface area contributed by atoms with Gasteiger partial charge in [-0.05, 0) is 24.3 Å². The molecule has 0 saturated heterocycles. The molecule has 0 radical (unpaired) electrons. The highest BCUT2D eigenvalue weighted by atomic mass is 35.5. The van der Waals surface area contributed by atoms with E-state index < -0.39 is 24.1 Å². The highest BCUT2D eigenvalue weighted by molar-refractivity contribution is 6.30. The van der Waals surface area contributed by atoms with Crippen LogP contribution >= 0.6 is 11.6 Å². The molecule has 4 rings (SSSR count). The van der Waals surface area contributed by atoms with Crippen LogP contribution in [0, 0.1) is 0 Å². The molecule has 13 heteroatoms. The molecule has 3 amide bonds. The molecular formula is C23H20ClF3N6O3. The number of hydrogen-bond donors (Lipinski definition) is 2. The minimum atomic E-state index is -4.92. The summed E-state index contributed by atoms with van der Waals surface area (Å²) in [4.78, 5) is 30.4. The number of halogens is 4. The van der Waals surface area contributed by atoms with E-state index in [9.17, 15) is 22.8 Å². The number of aromatic nitrogens is 2. The van der Waals surface area contributed by atoms with E-state index >= 15 is 0 Å². The standard InChI is InChI=1S/C23H20ClF3N6O3/c1-29-11-14-5-6-16(10-18(14)36-23(25,26)27)30-22(35)32-7-8-33-17(12-32)19(21(28)34)20(31-33)13-3-2-4-15(24)9-13/h2-6,9-11H,7-8,12H2,1H3,(H2,28,34)(H,30,35)/b29-11+. The monoisotopic (exact) mass is 520 g/mol. The number of nitrogens with one attached hydrogen (secondary N) is 1. The Hall–Kier alpha value is -4.06. The third-order valence-electron chi connectivity index (χ3n) is 5.37. The van der Waals surface area contributed by atoms with Crippen molar-refractivity contribution in [3.63, 3.8) is 0 Å². The number of nitrogens with two attached hydrogens (primary N) is 1. The summed E-state index contributed by atoms with van der Waals surface area (Å²) in [5.41, 5.74) is 7.38. The Bertz CT molecular complexity index is 1360. The van der Waals surface area contributed by atoms with Crippen molar-refractivity contribution in [3.8, 4) is 17.0 Å². The Balaban J connectivity index is 1.58. The summed E-state index contributed by atoms with van der Waals surface area (Å²) in [6.45, 7) is 0.516. The lowest BCUT2D eigenvalue weighted by Gasteiger charge is -2.28. The lowest BCUT2D eigenvalue weighted by Crippen LogP contribution is -2.41. The number of aliphatic imine (C=N–C) groups is 1. The third kappa shape index (κ3) is 5.43. The highest BCUT2D eigenvalue weighted by Crippen LogP contribution is 2.31. The molecule has 0 aliphatic carbocycles. The van der Waals surface area contributed by atoms with E-state index in [2.05, 4.69) is 20.1 Å². The number of hydrogen-bond acceptors (Lipinski definition) is 5.